The number of aromatic nitrogens is 2. The molecule has 0 saturated heterocycles. The first-order valence-electron chi connectivity index (χ1n) is 8.81. The van der Waals surface area contributed by atoms with Crippen LogP contribution >= 0.6 is 0 Å². The number of nitrogens with zero attached hydrogens (tertiary/aromatic N) is 2. The summed E-state index contributed by atoms with van der Waals surface area (Å²) in [6.45, 7) is 1.37. The van der Waals surface area contributed by atoms with Crippen LogP contribution in [0.1, 0.15) is 22.8 Å². The predicted octanol–water partition coefficient (Wildman–Crippen LogP) is 3.31. The fraction of sp³-hybridized carbons (Fsp3) is 0.200. The molecule has 1 heterocycles. The first-order valence-corrected chi connectivity index (χ1v) is 8.81. The Balaban J connectivity index is 1.96. The molecule has 0 fully saturated rings. The highest BCUT2D eigenvalue weighted by atomic mass is 19.4. The SMILES string of the molecule is CCOC(=O)CNC(=O)c1c(O)ccc2nc(-c3cccc(C(F)(F)F)c3)cnc12. The van der Waals surface area contributed by atoms with Crippen LogP contribution in [0, 0.1) is 0 Å². The van der Waals surface area contributed by atoms with Crippen LogP contribution in [0.2, 0.25) is 0 Å². The number of carbonyl (C=O) groups is 2. The number of esters is 1. The molecule has 7 nitrogen and oxygen atoms in total. The number of hydrogen-bond acceptors (Lipinski definition) is 6. The predicted molar refractivity (Wildman–Crippen MR) is 101 cm³/mol. The summed E-state index contributed by atoms with van der Waals surface area (Å²) >= 11 is 0. The molecular formula is C20H16F3N3O4. The third kappa shape index (κ3) is 4.48. The number of fused-ring (bicyclic) bond motifs is 1. The van der Waals surface area contributed by atoms with Crippen LogP contribution in [0.4, 0.5) is 13.2 Å². The highest BCUT2D eigenvalue weighted by molar-refractivity contribution is 6.08. The maximum Gasteiger partial charge on any atom is 0.416 e. The van der Waals surface area contributed by atoms with Gasteiger partial charge in [-0.3, -0.25) is 14.6 Å². The third-order valence-electron chi connectivity index (χ3n) is 4.10. The van der Waals surface area contributed by atoms with Crippen molar-refractivity contribution in [3.63, 3.8) is 0 Å². The van der Waals surface area contributed by atoms with E-state index < -0.39 is 30.2 Å². The van der Waals surface area contributed by atoms with Crippen molar-refractivity contribution in [2.75, 3.05) is 13.2 Å². The molecule has 2 N–H and O–H groups in total. The third-order valence-corrected chi connectivity index (χ3v) is 4.10. The molecule has 0 aliphatic carbocycles. The quantitative estimate of drug-likeness (QED) is 0.616. The van der Waals surface area contributed by atoms with E-state index in [2.05, 4.69) is 15.3 Å². The van der Waals surface area contributed by atoms with Crippen LogP contribution in [0.25, 0.3) is 22.3 Å². The lowest BCUT2D eigenvalue weighted by atomic mass is 10.1. The smallest absolute Gasteiger partial charge is 0.416 e. The molecule has 0 aliphatic heterocycles. The molecule has 0 bridgehead atoms. The average Bonchev–Trinajstić information content (AvgIpc) is 2.71. The van der Waals surface area contributed by atoms with Crippen LogP contribution in [0.15, 0.2) is 42.6 Å². The molecule has 0 unspecified atom stereocenters. The molecule has 10 heteroatoms. The number of benzene rings is 2. The summed E-state index contributed by atoms with van der Waals surface area (Å²) in [5.41, 5.74) is -0.458. The van der Waals surface area contributed by atoms with Crippen molar-refractivity contribution < 1.29 is 32.6 Å². The summed E-state index contributed by atoms with van der Waals surface area (Å²) in [5.74, 6) is -1.80. The van der Waals surface area contributed by atoms with Gasteiger partial charge in [-0.2, -0.15) is 13.2 Å². The monoisotopic (exact) mass is 419 g/mol. The van der Waals surface area contributed by atoms with Crippen molar-refractivity contribution in [1.29, 1.82) is 0 Å². The van der Waals surface area contributed by atoms with E-state index in [1.165, 1.54) is 30.5 Å². The van der Waals surface area contributed by atoms with Crippen molar-refractivity contribution in [2.45, 2.75) is 13.1 Å². The molecule has 0 spiro atoms. The Hall–Kier alpha value is -3.69. The number of amides is 1. The van der Waals surface area contributed by atoms with Crippen LogP contribution < -0.4 is 5.32 Å². The van der Waals surface area contributed by atoms with Gasteiger partial charge in [0, 0.05) is 5.56 Å². The molecule has 3 rings (SSSR count). The van der Waals surface area contributed by atoms with Gasteiger partial charge < -0.3 is 15.2 Å². The Bertz CT molecular complexity index is 1120. The molecule has 0 aliphatic rings. The molecule has 0 saturated carbocycles. The molecule has 3 aromatic rings. The number of ether oxygens (including phenoxy) is 1. The van der Waals surface area contributed by atoms with E-state index in [-0.39, 0.29) is 40.2 Å². The van der Waals surface area contributed by atoms with Gasteiger partial charge in [0.25, 0.3) is 5.91 Å². The van der Waals surface area contributed by atoms with Gasteiger partial charge in [-0.05, 0) is 31.2 Å². The van der Waals surface area contributed by atoms with Crippen molar-refractivity contribution in [2.24, 2.45) is 0 Å². The second kappa shape index (κ2) is 8.36. The lowest BCUT2D eigenvalue weighted by Crippen LogP contribution is -2.31. The Morgan fingerprint density at radius 1 is 1.20 bits per heavy atom. The zero-order valence-corrected chi connectivity index (χ0v) is 15.7. The maximum absolute atomic E-state index is 13.0. The van der Waals surface area contributed by atoms with Crippen molar-refractivity contribution in [3.05, 3.63) is 53.7 Å². The second-order valence-electron chi connectivity index (χ2n) is 6.15. The summed E-state index contributed by atoms with van der Waals surface area (Å²) in [6, 6.07) is 7.21. The second-order valence-corrected chi connectivity index (χ2v) is 6.15. The Morgan fingerprint density at radius 2 is 1.97 bits per heavy atom. The van der Waals surface area contributed by atoms with Crippen molar-refractivity contribution in [1.82, 2.24) is 15.3 Å². The standard InChI is InChI=1S/C20H16F3N3O4/c1-2-30-16(28)10-25-19(29)17-15(27)7-6-13-18(17)24-9-14(26-13)11-4-3-5-12(8-11)20(21,22)23/h3-9,27H,2,10H2,1H3,(H,25,29). The van der Waals surface area contributed by atoms with E-state index in [1.807, 2.05) is 0 Å². The maximum atomic E-state index is 13.0. The van der Waals surface area contributed by atoms with E-state index in [1.54, 1.807) is 6.92 Å². The van der Waals surface area contributed by atoms with Gasteiger partial charge in [0.2, 0.25) is 0 Å². The van der Waals surface area contributed by atoms with Crippen molar-refractivity contribution >= 4 is 22.9 Å². The van der Waals surface area contributed by atoms with Crippen LogP contribution in [-0.2, 0) is 15.7 Å². The van der Waals surface area contributed by atoms with Crippen molar-refractivity contribution in [3.8, 4) is 17.0 Å². The fourth-order valence-electron chi connectivity index (χ4n) is 2.75. The fourth-order valence-corrected chi connectivity index (χ4v) is 2.75. The van der Waals surface area contributed by atoms with E-state index in [4.69, 9.17) is 4.74 Å². The van der Waals surface area contributed by atoms with Crippen LogP contribution in [-0.4, -0.2) is 40.1 Å². The Morgan fingerprint density at radius 3 is 2.67 bits per heavy atom. The van der Waals surface area contributed by atoms with Gasteiger partial charge in [0.15, 0.2) is 0 Å². The van der Waals surface area contributed by atoms with Gasteiger partial charge in [0.05, 0.1) is 29.6 Å². The highest BCUT2D eigenvalue weighted by Gasteiger charge is 2.30. The number of rotatable bonds is 5. The van der Waals surface area contributed by atoms with Gasteiger partial charge >= 0.3 is 12.1 Å². The number of carbonyl (C=O) groups excluding carboxylic acids is 2. The summed E-state index contributed by atoms with van der Waals surface area (Å²) < 4.78 is 43.6. The van der Waals surface area contributed by atoms with Gasteiger partial charge in [-0.15, -0.1) is 0 Å². The summed E-state index contributed by atoms with van der Waals surface area (Å²) in [7, 11) is 0. The minimum atomic E-state index is -4.50. The summed E-state index contributed by atoms with van der Waals surface area (Å²) in [6.07, 6.45) is -3.30. The zero-order chi connectivity index (χ0) is 21.9. The van der Waals surface area contributed by atoms with E-state index >= 15 is 0 Å². The van der Waals surface area contributed by atoms with Gasteiger partial charge in [-0.25, -0.2) is 4.98 Å². The van der Waals surface area contributed by atoms with Crippen LogP contribution in [0.3, 0.4) is 0 Å². The molecule has 1 aromatic heterocycles. The normalized spacial score (nSPS) is 11.3. The topological polar surface area (TPSA) is 101 Å². The number of nitrogens with one attached hydrogen (secondary N) is 1. The van der Waals surface area contributed by atoms with E-state index in [9.17, 15) is 27.9 Å². The molecule has 2 aromatic carbocycles. The molecule has 0 radical (unpaired) electrons. The molecule has 0 atom stereocenters. The first-order chi connectivity index (χ1) is 14.2. The highest BCUT2D eigenvalue weighted by Crippen LogP contribution is 2.32. The number of alkyl halides is 3. The molecule has 156 valence electrons. The van der Waals surface area contributed by atoms with E-state index in [0.29, 0.717) is 0 Å². The number of hydrogen-bond donors (Lipinski definition) is 2. The first kappa shape index (κ1) is 21.0. The number of halogens is 3. The number of phenolic OH excluding ortho intramolecular Hbond substituents is 1. The van der Waals surface area contributed by atoms with Crippen LogP contribution in [0.5, 0.6) is 5.75 Å². The molecular weight excluding hydrogens is 403 g/mol. The summed E-state index contributed by atoms with van der Waals surface area (Å²) in [5, 5.41) is 12.4. The zero-order valence-electron chi connectivity index (χ0n) is 15.7. The minimum absolute atomic E-state index is 0.0343. The van der Waals surface area contributed by atoms with Gasteiger partial charge in [0.1, 0.15) is 23.4 Å². The Labute approximate surface area is 168 Å². The Kier molecular flexibility index (Phi) is 5.86. The minimum Gasteiger partial charge on any atom is -0.507 e. The molecule has 30 heavy (non-hydrogen) atoms. The summed E-state index contributed by atoms with van der Waals surface area (Å²) in [4.78, 5) is 32.2. The largest absolute Gasteiger partial charge is 0.507 e. The van der Waals surface area contributed by atoms with Gasteiger partial charge in [-0.1, -0.05) is 12.1 Å². The number of phenols is 1. The lowest BCUT2D eigenvalue weighted by Gasteiger charge is -2.11. The van der Waals surface area contributed by atoms with E-state index in [0.717, 1.165) is 12.1 Å². The lowest BCUT2D eigenvalue weighted by molar-refractivity contribution is -0.142. The number of aromatic hydroxyl groups is 1. The average molecular weight is 419 g/mol. The molecule has 1 amide bonds.